The summed E-state index contributed by atoms with van der Waals surface area (Å²) < 4.78 is 27.8. The fourth-order valence-corrected chi connectivity index (χ4v) is 2.02. The van der Waals surface area contributed by atoms with Gasteiger partial charge in [0, 0.05) is 22.1 Å². The van der Waals surface area contributed by atoms with E-state index < -0.39 is 17.5 Å². The van der Waals surface area contributed by atoms with Gasteiger partial charge in [0.1, 0.15) is 11.6 Å². The molecule has 20 heavy (non-hydrogen) atoms. The lowest BCUT2D eigenvalue weighted by molar-refractivity contribution is 0.1000. The number of amides is 1. The van der Waals surface area contributed by atoms with Crippen LogP contribution < -0.4 is 11.1 Å². The van der Waals surface area contributed by atoms with Gasteiger partial charge in [-0.05, 0) is 36.4 Å². The molecule has 0 bridgehead atoms. The van der Waals surface area contributed by atoms with E-state index in [1.54, 1.807) is 6.07 Å². The number of rotatable bonds is 4. The van der Waals surface area contributed by atoms with Crippen molar-refractivity contribution in [1.29, 1.82) is 0 Å². The van der Waals surface area contributed by atoms with Crippen molar-refractivity contribution in [2.75, 3.05) is 5.32 Å². The summed E-state index contributed by atoms with van der Waals surface area (Å²) in [5.41, 5.74) is 5.83. The van der Waals surface area contributed by atoms with E-state index in [4.69, 9.17) is 5.73 Å². The standard InChI is InChI=1S/C14H11BrF2N2O/c15-10-2-4-13(12(17)6-10)19-7-9-5-8(14(18)20)1-3-11(9)16/h1-6,19H,7H2,(H2,18,20). The van der Waals surface area contributed by atoms with Crippen LogP contribution in [-0.2, 0) is 6.54 Å². The molecule has 0 aliphatic rings. The molecule has 0 spiro atoms. The van der Waals surface area contributed by atoms with Gasteiger partial charge in [0.2, 0.25) is 5.91 Å². The van der Waals surface area contributed by atoms with Crippen LogP contribution in [0.4, 0.5) is 14.5 Å². The van der Waals surface area contributed by atoms with Gasteiger partial charge in [-0.15, -0.1) is 0 Å². The maximum atomic E-state index is 13.6. The minimum atomic E-state index is -0.638. The first-order chi connectivity index (χ1) is 9.47. The van der Waals surface area contributed by atoms with Crippen LogP contribution in [0.5, 0.6) is 0 Å². The lowest BCUT2D eigenvalue weighted by atomic mass is 10.1. The summed E-state index contributed by atoms with van der Waals surface area (Å²) >= 11 is 3.15. The quantitative estimate of drug-likeness (QED) is 0.895. The third-order valence-corrected chi connectivity index (χ3v) is 3.22. The van der Waals surface area contributed by atoms with E-state index in [2.05, 4.69) is 21.2 Å². The van der Waals surface area contributed by atoms with Crippen LogP contribution in [0.25, 0.3) is 0 Å². The first-order valence-electron chi connectivity index (χ1n) is 5.74. The fourth-order valence-electron chi connectivity index (χ4n) is 1.69. The summed E-state index contributed by atoms with van der Waals surface area (Å²) in [5, 5.41) is 2.78. The molecule has 0 heterocycles. The predicted octanol–water partition coefficient (Wildman–Crippen LogP) is 3.44. The van der Waals surface area contributed by atoms with Gasteiger partial charge >= 0.3 is 0 Å². The van der Waals surface area contributed by atoms with Gasteiger partial charge in [-0.3, -0.25) is 4.79 Å². The molecule has 2 aromatic rings. The van der Waals surface area contributed by atoms with Crippen LogP contribution in [0.15, 0.2) is 40.9 Å². The van der Waals surface area contributed by atoms with Crippen molar-refractivity contribution >= 4 is 27.5 Å². The van der Waals surface area contributed by atoms with E-state index in [1.165, 1.54) is 24.3 Å². The molecule has 0 atom stereocenters. The number of carbonyl (C=O) groups is 1. The highest BCUT2D eigenvalue weighted by atomic mass is 79.9. The Morgan fingerprint density at radius 1 is 1.15 bits per heavy atom. The van der Waals surface area contributed by atoms with Crippen molar-refractivity contribution in [1.82, 2.24) is 0 Å². The molecule has 0 saturated carbocycles. The Bertz CT molecular complexity index is 662. The van der Waals surface area contributed by atoms with Crippen molar-refractivity contribution in [2.45, 2.75) is 6.54 Å². The Morgan fingerprint density at radius 3 is 2.55 bits per heavy atom. The van der Waals surface area contributed by atoms with Gasteiger partial charge in [0.05, 0.1) is 5.69 Å². The highest BCUT2D eigenvalue weighted by Crippen LogP contribution is 2.20. The highest BCUT2D eigenvalue weighted by molar-refractivity contribution is 9.10. The summed E-state index contributed by atoms with van der Waals surface area (Å²) in [5.74, 6) is -1.58. The Balaban J connectivity index is 2.18. The van der Waals surface area contributed by atoms with E-state index in [1.807, 2.05) is 0 Å². The number of nitrogens with two attached hydrogens (primary N) is 1. The molecule has 1 amide bonds. The molecule has 0 unspecified atom stereocenters. The van der Waals surface area contributed by atoms with E-state index in [-0.39, 0.29) is 23.4 Å². The molecule has 2 aromatic carbocycles. The Kier molecular flexibility index (Phi) is 4.34. The van der Waals surface area contributed by atoms with Crippen LogP contribution >= 0.6 is 15.9 Å². The van der Waals surface area contributed by atoms with Crippen LogP contribution in [-0.4, -0.2) is 5.91 Å². The van der Waals surface area contributed by atoms with Gasteiger partial charge in [0.25, 0.3) is 0 Å². The summed E-state index contributed by atoms with van der Waals surface area (Å²) in [6.45, 7) is 0.0471. The number of nitrogens with one attached hydrogen (secondary N) is 1. The largest absolute Gasteiger partial charge is 0.378 e. The molecular formula is C14H11BrF2N2O. The number of hydrogen-bond donors (Lipinski definition) is 2. The average Bonchev–Trinajstić information content (AvgIpc) is 2.39. The maximum absolute atomic E-state index is 13.6. The highest BCUT2D eigenvalue weighted by Gasteiger charge is 2.08. The summed E-state index contributed by atoms with van der Waals surface area (Å²) in [7, 11) is 0. The zero-order chi connectivity index (χ0) is 14.7. The van der Waals surface area contributed by atoms with E-state index in [0.717, 1.165) is 6.07 Å². The van der Waals surface area contributed by atoms with Crippen LogP contribution in [0.3, 0.4) is 0 Å². The third kappa shape index (κ3) is 3.33. The van der Waals surface area contributed by atoms with Crippen molar-refractivity contribution in [2.24, 2.45) is 5.73 Å². The molecule has 3 nitrogen and oxygen atoms in total. The molecule has 6 heteroatoms. The normalized spacial score (nSPS) is 10.3. The molecule has 3 N–H and O–H groups in total. The number of anilines is 1. The summed E-state index contributed by atoms with van der Waals surface area (Å²) in [6.07, 6.45) is 0. The number of benzene rings is 2. The smallest absolute Gasteiger partial charge is 0.248 e. The maximum Gasteiger partial charge on any atom is 0.248 e. The van der Waals surface area contributed by atoms with Gasteiger partial charge in [-0.1, -0.05) is 15.9 Å². The monoisotopic (exact) mass is 340 g/mol. The second-order valence-electron chi connectivity index (χ2n) is 4.15. The molecule has 0 aromatic heterocycles. The lowest BCUT2D eigenvalue weighted by Gasteiger charge is -2.09. The van der Waals surface area contributed by atoms with Crippen LogP contribution in [0.1, 0.15) is 15.9 Å². The van der Waals surface area contributed by atoms with Gasteiger partial charge in [0.15, 0.2) is 0 Å². The van der Waals surface area contributed by atoms with Gasteiger partial charge in [-0.2, -0.15) is 0 Å². The van der Waals surface area contributed by atoms with Crippen molar-refractivity contribution < 1.29 is 13.6 Å². The Morgan fingerprint density at radius 2 is 1.90 bits per heavy atom. The zero-order valence-corrected chi connectivity index (χ0v) is 11.9. The second-order valence-corrected chi connectivity index (χ2v) is 5.06. The van der Waals surface area contributed by atoms with Gasteiger partial charge in [-0.25, -0.2) is 8.78 Å². The minimum Gasteiger partial charge on any atom is -0.378 e. The third-order valence-electron chi connectivity index (χ3n) is 2.73. The molecule has 0 aliphatic heterocycles. The van der Waals surface area contributed by atoms with E-state index >= 15 is 0 Å². The number of hydrogen-bond acceptors (Lipinski definition) is 2. The molecule has 0 saturated heterocycles. The predicted molar refractivity (Wildman–Crippen MR) is 76.3 cm³/mol. The number of halogens is 3. The van der Waals surface area contributed by atoms with E-state index in [0.29, 0.717) is 4.47 Å². The Hall–Kier alpha value is -1.95. The summed E-state index contributed by atoms with van der Waals surface area (Å²) in [4.78, 5) is 11.0. The van der Waals surface area contributed by atoms with E-state index in [9.17, 15) is 13.6 Å². The molecule has 104 valence electrons. The molecule has 0 aliphatic carbocycles. The number of carbonyl (C=O) groups excluding carboxylic acids is 1. The topological polar surface area (TPSA) is 55.1 Å². The van der Waals surface area contributed by atoms with Crippen molar-refractivity contribution in [3.8, 4) is 0 Å². The average molecular weight is 341 g/mol. The molecule has 2 rings (SSSR count). The van der Waals surface area contributed by atoms with Crippen molar-refractivity contribution in [3.63, 3.8) is 0 Å². The first kappa shape index (κ1) is 14.5. The lowest BCUT2D eigenvalue weighted by Crippen LogP contribution is -2.12. The molecular weight excluding hydrogens is 330 g/mol. The van der Waals surface area contributed by atoms with Gasteiger partial charge < -0.3 is 11.1 Å². The Labute approximate surface area is 122 Å². The minimum absolute atomic E-state index is 0.0471. The summed E-state index contributed by atoms with van der Waals surface area (Å²) in [6, 6.07) is 8.33. The number of primary amides is 1. The SMILES string of the molecule is NC(=O)c1ccc(F)c(CNc2ccc(Br)cc2F)c1. The molecule has 0 radical (unpaired) electrons. The molecule has 0 fully saturated rings. The second kappa shape index (κ2) is 6.00. The van der Waals surface area contributed by atoms with Crippen LogP contribution in [0.2, 0.25) is 0 Å². The van der Waals surface area contributed by atoms with Crippen molar-refractivity contribution in [3.05, 3.63) is 63.6 Å². The first-order valence-corrected chi connectivity index (χ1v) is 6.54. The van der Waals surface area contributed by atoms with Crippen LogP contribution in [0, 0.1) is 11.6 Å². The fraction of sp³-hybridized carbons (Fsp3) is 0.0714. The zero-order valence-electron chi connectivity index (χ0n) is 10.3.